The molecule has 0 saturated carbocycles. The number of nitrogens with two attached hydrogens (primary N) is 1. The molecule has 1 aromatic heterocycles. The van der Waals surface area contributed by atoms with Crippen molar-refractivity contribution in [2.75, 3.05) is 18.9 Å². The fourth-order valence-corrected chi connectivity index (χ4v) is 3.11. The van der Waals surface area contributed by atoms with Crippen molar-refractivity contribution in [1.29, 1.82) is 0 Å². The Morgan fingerprint density at radius 3 is 2.80 bits per heavy atom. The Balaban J connectivity index is 1.45. The predicted molar refractivity (Wildman–Crippen MR) is 99.2 cm³/mol. The molecule has 1 saturated heterocycles. The van der Waals surface area contributed by atoms with E-state index in [-0.39, 0.29) is 5.91 Å². The molecule has 1 aliphatic rings. The largest absolute Gasteiger partial charge is 0.397 e. The van der Waals surface area contributed by atoms with E-state index in [0.29, 0.717) is 23.9 Å². The average molecular weight is 339 g/mol. The number of nitrogens with zero attached hydrogens (tertiary/aromatic N) is 1. The first-order valence-electron chi connectivity index (χ1n) is 8.95. The van der Waals surface area contributed by atoms with E-state index < -0.39 is 0 Å². The van der Waals surface area contributed by atoms with Gasteiger partial charge in [0, 0.05) is 30.5 Å². The summed E-state index contributed by atoms with van der Waals surface area (Å²) in [5.41, 5.74) is 8.87. The van der Waals surface area contributed by atoms with Crippen LogP contribution in [-0.2, 0) is 4.74 Å². The number of aromatic nitrogens is 1. The quantitative estimate of drug-likeness (QED) is 0.758. The van der Waals surface area contributed by atoms with Gasteiger partial charge in [-0.3, -0.25) is 9.78 Å². The van der Waals surface area contributed by atoms with Gasteiger partial charge in [-0.1, -0.05) is 12.1 Å². The van der Waals surface area contributed by atoms with Gasteiger partial charge in [-0.05, 0) is 56.4 Å². The SMILES string of the molecule is Nc1cccnc1-c1ccc(C(=O)NCCCC[C@@H]2CCCO2)cc1. The highest BCUT2D eigenvalue weighted by Gasteiger charge is 2.14. The molecule has 1 amide bonds. The smallest absolute Gasteiger partial charge is 0.251 e. The highest BCUT2D eigenvalue weighted by atomic mass is 16.5. The van der Waals surface area contributed by atoms with Gasteiger partial charge in [0.1, 0.15) is 0 Å². The Bertz CT molecular complexity index is 694. The van der Waals surface area contributed by atoms with Gasteiger partial charge in [0.15, 0.2) is 0 Å². The Kier molecular flexibility index (Phi) is 6.01. The van der Waals surface area contributed by atoms with Crippen molar-refractivity contribution in [3.8, 4) is 11.3 Å². The number of benzene rings is 1. The van der Waals surface area contributed by atoms with E-state index in [1.165, 1.54) is 12.8 Å². The molecule has 2 heterocycles. The normalized spacial score (nSPS) is 16.7. The van der Waals surface area contributed by atoms with Gasteiger partial charge in [-0.25, -0.2) is 0 Å². The maximum Gasteiger partial charge on any atom is 0.251 e. The lowest BCUT2D eigenvalue weighted by Gasteiger charge is -2.09. The van der Waals surface area contributed by atoms with Gasteiger partial charge in [-0.2, -0.15) is 0 Å². The first kappa shape index (κ1) is 17.4. The zero-order valence-corrected chi connectivity index (χ0v) is 14.4. The Labute approximate surface area is 148 Å². The van der Waals surface area contributed by atoms with Crippen LogP contribution in [0.2, 0.25) is 0 Å². The third-order valence-electron chi connectivity index (χ3n) is 4.52. The van der Waals surface area contributed by atoms with Gasteiger partial charge in [-0.15, -0.1) is 0 Å². The van der Waals surface area contributed by atoms with Gasteiger partial charge in [0.05, 0.1) is 17.5 Å². The van der Waals surface area contributed by atoms with Crippen molar-refractivity contribution < 1.29 is 9.53 Å². The number of hydrogen-bond acceptors (Lipinski definition) is 4. The van der Waals surface area contributed by atoms with Crippen LogP contribution in [0.1, 0.15) is 42.5 Å². The number of nitrogens with one attached hydrogen (secondary N) is 1. The zero-order valence-electron chi connectivity index (χ0n) is 14.4. The number of amides is 1. The summed E-state index contributed by atoms with van der Waals surface area (Å²) < 4.78 is 5.60. The molecule has 0 unspecified atom stereocenters. The van der Waals surface area contributed by atoms with Gasteiger partial charge < -0.3 is 15.8 Å². The minimum atomic E-state index is -0.0438. The molecule has 25 heavy (non-hydrogen) atoms. The molecule has 1 atom stereocenters. The molecule has 0 bridgehead atoms. The van der Waals surface area contributed by atoms with Crippen LogP contribution in [0.3, 0.4) is 0 Å². The first-order valence-corrected chi connectivity index (χ1v) is 8.95. The number of anilines is 1. The number of hydrogen-bond donors (Lipinski definition) is 2. The highest BCUT2D eigenvalue weighted by molar-refractivity contribution is 5.94. The standard InChI is InChI=1S/C20H25N3O2/c21-18-7-3-13-22-19(18)15-8-10-16(11-9-15)20(24)23-12-2-1-5-17-6-4-14-25-17/h3,7-11,13,17H,1-2,4-6,12,14,21H2,(H,23,24)/t17-/m1/s1. The van der Waals surface area contributed by atoms with Gasteiger partial charge in [0.2, 0.25) is 0 Å². The molecule has 2 aromatic rings. The van der Waals surface area contributed by atoms with E-state index >= 15 is 0 Å². The second-order valence-corrected chi connectivity index (χ2v) is 6.41. The average Bonchev–Trinajstić information content (AvgIpc) is 3.15. The van der Waals surface area contributed by atoms with Crippen LogP contribution in [0.25, 0.3) is 11.3 Å². The molecule has 0 spiro atoms. The number of carbonyl (C=O) groups excluding carboxylic acids is 1. The van der Waals surface area contributed by atoms with Crippen LogP contribution < -0.4 is 11.1 Å². The molecule has 1 aromatic carbocycles. The topological polar surface area (TPSA) is 77.2 Å². The molecule has 5 heteroatoms. The minimum absolute atomic E-state index is 0.0438. The van der Waals surface area contributed by atoms with Crippen LogP contribution in [-0.4, -0.2) is 30.1 Å². The van der Waals surface area contributed by atoms with Crippen LogP contribution >= 0.6 is 0 Å². The molecule has 0 radical (unpaired) electrons. The lowest BCUT2D eigenvalue weighted by Crippen LogP contribution is -2.24. The van der Waals surface area contributed by atoms with E-state index in [4.69, 9.17) is 10.5 Å². The van der Waals surface area contributed by atoms with Crippen LogP contribution in [0.5, 0.6) is 0 Å². The number of unbranched alkanes of at least 4 members (excludes halogenated alkanes) is 1. The Morgan fingerprint density at radius 1 is 1.24 bits per heavy atom. The van der Waals surface area contributed by atoms with Crippen LogP contribution in [0.4, 0.5) is 5.69 Å². The van der Waals surface area contributed by atoms with E-state index in [9.17, 15) is 4.79 Å². The van der Waals surface area contributed by atoms with Crippen LogP contribution in [0.15, 0.2) is 42.6 Å². The Hall–Kier alpha value is -2.40. The van der Waals surface area contributed by atoms with Crippen molar-refractivity contribution in [2.24, 2.45) is 0 Å². The first-order chi connectivity index (χ1) is 12.2. The maximum atomic E-state index is 12.2. The van der Waals surface area contributed by atoms with Gasteiger partial charge in [0.25, 0.3) is 5.91 Å². The summed E-state index contributed by atoms with van der Waals surface area (Å²) in [5, 5.41) is 2.97. The highest BCUT2D eigenvalue weighted by Crippen LogP contribution is 2.23. The maximum absolute atomic E-state index is 12.2. The summed E-state index contributed by atoms with van der Waals surface area (Å²) in [5.74, 6) is -0.0438. The summed E-state index contributed by atoms with van der Waals surface area (Å²) >= 11 is 0. The summed E-state index contributed by atoms with van der Waals surface area (Å²) in [7, 11) is 0. The number of carbonyl (C=O) groups is 1. The molecule has 0 aliphatic carbocycles. The molecular weight excluding hydrogens is 314 g/mol. The third-order valence-corrected chi connectivity index (χ3v) is 4.52. The zero-order chi connectivity index (χ0) is 17.5. The second-order valence-electron chi connectivity index (χ2n) is 6.41. The number of ether oxygens (including phenoxy) is 1. The van der Waals surface area contributed by atoms with Gasteiger partial charge >= 0.3 is 0 Å². The summed E-state index contributed by atoms with van der Waals surface area (Å²) in [6, 6.07) is 11.0. The van der Waals surface area contributed by atoms with E-state index in [1.807, 2.05) is 30.3 Å². The second kappa shape index (κ2) is 8.62. The molecule has 1 fully saturated rings. The predicted octanol–water partition coefficient (Wildman–Crippen LogP) is 3.41. The van der Waals surface area contributed by atoms with Crippen molar-refractivity contribution in [3.63, 3.8) is 0 Å². The van der Waals surface area contributed by atoms with E-state index in [2.05, 4.69) is 10.3 Å². The molecule has 1 aliphatic heterocycles. The fourth-order valence-electron chi connectivity index (χ4n) is 3.11. The molecule has 132 valence electrons. The van der Waals surface area contributed by atoms with Crippen molar-refractivity contribution >= 4 is 11.6 Å². The number of rotatable bonds is 7. The molecule has 5 nitrogen and oxygen atoms in total. The van der Waals surface area contributed by atoms with E-state index in [1.54, 1.807) is 12.3 Å². The minimum Gasteiger partial charge on any atom is -0.397 e. The summed E-state index contributed by atoms with van der Waals surface area (Å²) in [4.78, 5) is 16.5. The number of pyridine rings is 1. The van der Waals surface area contributed by atoms with Crippen molar-refractivity contribution in [2.45, 2.75) is 38.2 Å². The molecular formula is C20H25N3O2. The molecule has 3 rings (SSSR count). The third kappa shape index (κ3) is 4.79. The number of nitrogen functional groups attached to an aromatic ring is 1. The summed E-state index contributed by atoms with van der Waals surface area (Å²) in [6.45, 7) is 1.60. The lowest BCUT2D eigenvalue weighted by atomic mass is 10.1. The fraction of sp³-hybridized carbons (Fsp3) is 0.400. The van der Waals surface area contributed by atoms with Crippen molar-refractivity contribution in [3.05, 3.63) is 48.2 Å². The monoisotopic (exact) mass is 339 g/mol. The summed E-state index contributed by atoms with van der Waals surface area (Å²) in [6.07, 6.45) is 7.67. The molecule has 3 N–H and O–H groups in total. The Morgan fingerprint density at radius 2 is 2.08 bits per heavy atom. The lowest BCUT2D eigenvalue weighted by molar-refractivity contribution is 0.0947. The van der Waals surface area contributed by atoms with E-state index in [0.717, 1.165) is 37.1 Å². The van der Waals surface area contributed by atoms with Crippen molar-refractivity contribution in [1.82, 2.24) is 10.3 Å². The van der Waals surface area contributed by atoms with Crippen LogP contribution in [0, 0.1) is 0 Å².